The monoisotopic (exact) mass is 151 g/mol. The van der Waals surface area contributed by atoms with Gasteiger partial charge in [0.15, 0.2) is 5.49 Å². The van der Waals surface area contributed by atoms with Crippen LogP contribution in [-0.4, -0.2) is 10.2 Å². The number of aromatic amines is 1. The number of hydrogen-bond acceptors (Lipinski definition) is 3. The van der Waals surface area contributed by atoms with Gasteiger partial charge in [-0.05, 0) is 10.8 Å². The molecule has 10 heavy (non-hydrogen) atoms. The molecule has 0 radical (unpaired) electrons. The quantitative estimate of drug-likeness (QED) is 0.566. The minimum Gasteiger partial charge on any atom is -0.261 e. The number of rotatable bonds is 0. The Morgan fingerprint density at radius 1 is 1.50 bits per heavy atom. The van der Waals surface area contributed by atoms with E-state index in [1.807, 2.05) is 10.8 Å². The van der Waals surface area contributed by atoms with Crippen LogP contribution in [0.1, 0.15) is 0 Å². The zero-order valence-electron chi connectivity index (χ0n) is 5.11. The summed E-state index contributed by atoms with van der Waals surface area (Å²) < 4.78 is 0. The Balaban J connectivity index is 2.82. The van der Waals surface area contributed by atoms with E-state index in [1.165, 1.54) is 0 Å². The summed E-state index contributed by atoms with van der Waals surface area (Å²) in [5.41, 5.74) is 0.834. The van der Waals surface area contributed by atoms with Crippen LogP contribution in [0.2, 0.25) is 0 Å². The minimum absolute atomic E-state index is 0.834. The number of nitrogens with zero attached hydrogens (tertiary/aromatic N) is 2. The molecule has 0 saturated carbocycles. The Bertz CT molecular complexity index is 363. The second kappa shape index (κ2) is 2.30. The summed E-state index contributed by atoms with van der Waals surface area (Å²) in [7, 11) is 0. The highest BCUT2D eigenvalue weighted by molar-refractivity contribution is 8.09. The van der Waals surface area contributed by atoms with Crippen LogP contribution in [0.15, 0.2) is 22.8 Å². The molecule has 0 unspecified atom stereocenters. The van der Waals surface area contributed by atoms with E-state index < -0.39 is 0 Å². The Morgan fingerprint density at radius 2 is 2.50 bits per heavy atom. The molecule has 1 aromatic heterocycles. The standard InChI is InChI=1S/C6H5N3S/c1-2-10-4-5-3-8-9-6(5)7-1/h1-4H,(H,7,9). The summed E-state index contributed by atoms with van der Waals surface area (Å²) in [5, 5.41) is 11.6. The molecule has 0 amide bonds. The van der Waals surface area contributed by atoms with E-state index in [0.717, 1.165) is 10.7 Å². The highest BCUT2D eigenvalue weighted by atomic mass is 32.2. The van der Waals surface area contributed by atoms with Crippen molar-refractivity contribution in [3.05, 3.63) is 28.5 Å². The second-order valence-corrected chi connectivity index (χ2v) is 2.62. The summed E-state index contributed by atoms with van der Waals surface area (Å²) >= 11 is 1.60. The molecule has 0 bridgehead atoms. The van der Waals surface area contributed by atoms with Crippen LogP contribution in [0.4, 0.5) is 0 Å². The van der Waals surface area contributed by atoms with Gasteiger partial charge >= 0.3 is 0 Å². The van der Waals surface area contributed by atoms with Crippen molar-refractivity contribution < 1.29 is 0 Å². The van der Waals surface area contributed by atoms with Crippen LogP contribution < -0.4 is 10.7 Å². The van der Waals surface area contributed by atoms with Crippen molar-refractivity contribution in [2.45, 2.75) is 0 Å². The summed E-state index contributed by atoms with van der Waals surface area (Å²) in [4.78, 5) is 4.10. The third-order valence-corrected chi connectivity index (χ3v) is 1.85. The first-order valence-corrected chi connectivity index (χ1v) is 3.79. The first-order valence-electron chi connectivity index (χ1n) is 2.85. The van der Waals surface area contributed by atoms with Crippen LogP contribution >= 0.6 is 11.8 Å². The first-order chi connectivity index (χ1) is 4.97. The average molecular weight is 151 g/mol. The van der Waals surface area contributed by atoms with Gasteiger partial charge in [-0.25, -0.2) is 4.99 Å². The normalized spacial score (nSPS) is 14.8. The third kappa shape index (κ3) is 0.863. The molecule has 1 N–H and O–H groups in total. The van der Waals surface area contributed by atoms with E-state index in [1.54, 1.807) is 24.2 Å². The van der Waals surface area contributed by atoms with Gasteiger partial charge in [-0.3, -0.25) is 5.10 Å². The molecule has 1 aliphatic rings. The topological polar surface area (TPSA) is 41.0 Å². The molecule has 3 nitrogen and oxygen atoms in total. The molecule has 0 atom stereocenters. The largest absolute Gasteiger partial charge is 0.261 e. The summed E-state index contributed by atoms with van der Waals surface area (Å²) in [6.45, 7) is 0. The average Bonchev–Trinajstić information content (AvgIpc) is 2.28. The fourth-order valence-electron chi connectivity index (χ4n) is 0.731. The fraction of sp³-hybridized carbons (Fsp3) is 0. The Morgan fingerprint density at radius 3 is 3.50 bits per heavy atom. The molecule has 4 heteroatoms. The van der Waals surface area contributed by atoms with Gasteiger partial charge in [0, 0.05) is 11.4 Å². The van der Waals surface area contributed by atoms with E-state index >= 15 is 0 Å². The highest BCUT2D eigenvalue weighted by Gasteiger charge is 1.88. The van der Waals surface area contributed by atoms with Gasteiger partial charge in [0.1, 0.15) is 0 Å². The lowest BCUT2D eigenvalue weighted by atomic mass is 10.6. The molecule has 2 heterocycles. The van der Waals surface area contributed by atoms with Gasteiger partial charge in [-0.1, -0.05) is 0 Å². The lowest BCUT2D eigenvalue weighted by Gasteiger charge is -1.71. The second-order valence-electron chi connectivity index (χ2n) is 1.84. The number of fused-ring (bicyclic) bond motifs is 1. The molecule has 0 aliphatic carbocycles. The van der Waals surface area contributed by atoms with Crippen LogP contribution in [0, 0.1) is 0 Å². The minimum atomic E-state index is 0.834. The number of nitrogens with one attached hydrogen (secondary N) is 1. The van der Waals surface area contributed by atoms with Gasteiger partial charge in [-0.2, -0.15) is 5.10 Å². The number of aromatic nitrogens is 2. The molecule has 0 saturated heterocycles. The van der Waals surface area contributed by atoms with Crippen molar-refractivity contribution in [1.82, 2.24) is 10.2 Å². The fourth-order valence-corrected chi connectivity index (χ4v) is 1.26. The van der Waals surface area contributed by atoms with Crippen LogP contribution in [0.3, 0.4) is 0 Å². The number of thioether (sulfide) groups is 1. The lowest BCUT2D eigenvalue weighted by Crippen LogP contribution is -2.20. The van der Waals surface area contributed by atoms with Gasteiger partial charge in [-0.15, -0.1) is 11.8 Å². The third-order valence-electron chi connectivity index (χ3n) is 1.19. The zero-order valence-corrected chi connectivity index (χ0v) is 5.93. The van der Waals surface area contributed by atoms with Crippen molar-refractivity contribution in [1.29, 1.82) is 0 Å². The van der Waals surface area contributed by atoms with Gasteiger partial charge in [0.25, 0.3) is 0 Å². The summed E-state index contributed by atoms with van der Waals surface area (Å²) in [6.07, 6.45) is 3.52. The maximum atomic E-state index is 4.10. The molecule has 0 aromatic carbocycles. The summed E-state index contributed by atoms with van der Waals surface area (Å²) in [6, 6.07) is 0. The van der Waals surface area contributed by atoms with Crippen LogP contribution in [0.25, 0.3) is 5.41 Å². The molecule has 1 aromatic rings. The molecular formula is C6H5N3S. The molecule has 0 fully saturated rings. The maximum Gasteiger partial charge on any atom is 0.155 e. The van der Waals surface area contributed by atoms with Crippen LogP contribution in [0.5, 0.6) is 0 Å². The van der Waals surface area contributed by atoms with Crippen molar-refractivity contribution >= 4 is 17.2 Å². The Kier molecular flexibility index (Phi) is 1.32. The molecular weight excluding hydrogens is 146 g/mol. The van der Waals surface area contributed by atoms with Crippen molar-refractivity contribution in [2.75, 3.05) is 0 Å². The smallest absolute Gasteiger partial charge is 0.155 e. The highest BCUT2D eigenvalue weighted by Crippen LogP contribution is 2.02. The van der Waals surface area contributed by atoms with Crippen LogP contribution in [-0.2, 0) is 0 Å². The van der Waals surface area contributed by atoms with Crippen molar-refractivity contribution in [2.24, 2.45) is 4.99 Å². The molecule has 1 aliphatic heterocycles. The lowest BCUT2D eigenvalue weighted by molar-refractivity contribution is 1.02. The van der Waals surface area contributed by atoms with E-state index in [0.29, 0.717) is 0 Å². The van der Waals surface area contributed by atoms with E-state index in [-0.39, 0.29) is 0 Å². The predicted octanol–water partition coefficient (Wildman–Crippen LogP) is -0.0147. The molecule has 0 spiro atoms. The van der Waals surface area contributed by atoms with E-state index in [2.05, 4.69) is 15.2 Å². The van der Waals surface area contributed by atoms with Gasteiger partial charge in [0.05, 0.1) is 6.20 Å². The van der Waals surface area contributed by atoms with Gasteiger partial charge < -0.3 is 0 Å². The first kappa shape index (κ1) is 5.73. The molecule has 50 valence electrons. The Hall–Kier alpha value is -1.03. The van der Waals surface area contributed by atoms with E-state index in [9.17, 15) is 0 Å². The van der Waals surface area contributed by atoms with Crippen molar-refractivity contribution in [3.63, 3.8) is 0 Å². The van der Waals surface area contributed by atoms with Crippen molar-refractivity contribution in [3.8, 4) is 0 Å². The zero-order chi connectivity index (χ0) is 6.81. The number of H-pyrrole nitrogens is 1. The molecule has 2 rings (SSSR count). The Labute approximate surface area is 61.6 Å². The predicted molar refractivity (Wildman–Crippen MR) is 40.6 cm³/mol. The number of hydrogen-bond donors (Lipinski definition) is 1. The SMILES string of the molecule is C1=CSC=c2cn[nH]c2=N1. The summed E-state index contributed by atoms with van der Waals surface area (Å²) in [5.74, 6) is 0. The van der Waals surface area contributed by atoms with E-state index in [4.69, 9.17) is 0 Å². The van der Waals surface area contributed by atoms with Gasteiger partial charge in [0.2, 0.25) is 0 Å². The maximum absolute atomic E-state index is 4.10.